The maximum absolute atomic E-state index is 13.4. The van der Waals surface area contributed by atoms with Crippen molar-refractivity contribution in [3.05, 3.63) is 63.6 Å². The number of hydrogen-bond donors (Lipinski definition) is 0. The third kappa shape index (κ3) is 2.51. The number of rotatable bonds is 2. The number of hydrogen-bond acceptors (Lipinski definition) is 4. The summed E-state index contributed by atoms with van der Waals surface area (Å²) in [6.07, 6.45) is 0.990. The van der Waals surface area contributed by atoms with Crippen LogP contribution in [0.4, 0.5) is 5.69 Å². The maximum Gasteiger partial charge on any atom is 0.253 e. The van der Waals surface area contributed by atoms with Gasteiger partial charge in [-0.05, 0) is 52.2 Å². The van der Waals surface area contributed by atoms with Crippen LogP contribution < -0.4 is 4.90 Å². The predicted molar refractivity (Wildman–Crippen MR) is 106 cm³/mol. The summed E-state index contributed by atoms with van der Waals surface area (Å²) in [6.45, 7) is 1.66. The van der Waals surface area contributed by atoms with Crippen molar-refractivity contribution in [2.75, 3.05) is 18.0 Å². The first kappa shape index (κ1) is 17.4. The number of hydrazine groups is 1. The van der Waals surface area contributed by atoms with Gasteiger partial charge in [-0.2, -0.15) is 0 Å². The molecule has 2 aromatic rings. The second-order valence-corrected chi connectivity index (χ2v) is 8.40. The Morgan fingerprint density at radius 1 is 0.889 bits per heavy atom. The second kappa shape index (κ2) is 6.41. The van der Waals surface area contributed by atoms with E-state index in [0.29, 0.717) is 10.7 Å². The fourth-order valence-corrected chi connectivity index (χ4v) is 5.23. The van der Waals surface area contributed by atoms with E-state index in [2.05, 4.69) is 25.9 Å². The molecule has 0 unspecified atom stereocenters. The first-order valence-electron chi connectivity index (χ1n) is 8.99. The topological polar surface area (TPSA) is 43.9 Å². The van der Waals surface area contributed by atoms with Crippen molar-refractivity contribution in [3.8, 4) is 0 Å². The third-order valence-electron chi connectivity index (χ3n) is 5.71. The summed E-state index contributed by atoms with van der Waals surface area (Å²) < 4.78 is 0.744. The molecular weight excluding hydrogens is 430 g/mol. The number of nitrogens with zero attached hydrogens (tertiary/aromatic N) is 3. The summed E-state index contributed by atoms with van der Waals surface area (Å²) in [5, 5.41) is 4.96. The van der Waals surface area contributed by atoms with Crippen molar-refractivity contribution in [2.24, 2.45) is 5.92 Å². The zero-order chi connectivity index (χ0) is 18.7. The molecule has 3 aliphatic heterocycles. The van der Waals surface area contributed by atoms with E-state index in [-0.39, 0.29) is 17.9 Å². The number of anilines is 1. The van der Waals surface area contributed by atoms with E-state index in [1.165, 1.54) is 4.90 Å². The van der Waals surface area contributed by atoms with Crippen LogP contribution in [0.5, 0.6) is 0 Å². The number of carbonyl (C=O) groups excluding carboxylic acids is 2. The van der Waals surface area contributed by atoms with Crippen molar-refractivity contribution in [3.63, 3.8) is 0 Å². The fourth-order valence-electron chi connectivity index (χ4n) is 4.64. The monoisotopic (exact) mass is 445 g/mol. The van der Waals surface area contributed by atoms with E-state index in [1.54, 1.807) is 6.07 Å². The first-order chi connectivity index (χ1) is 13.1. The van der Waals surface area contributed by atoms with Crippen LogP contribution in [0.25, 0.3) is 0 Å². The average Bonchev–Trinajstić information content (AvgIpc) is 3.30. The Balaban J connectivity index is 1.60. The van der Waals surface area contributed by atoms with Crippen molar-refractivity contribution < 1.29 is 9.59 Å². The number of imide groups is 1. The average molecular weight is 447 g/mol. The van der Waals surface area contributed by atoms with Crippen molar-refractivity contribution >= 4 is 45.0 Å². The maximum atomic E-state index is 13.4. The lowest BCUT2D eigenvalue weighted by Gasteiger charge is -2.30. The quantitative estimate of drug-likeness (QED) is 0.661. The standard InChI is InChI=1S/C20H17BrClN3O2/c21-14-4-1-2-5-15(14)25-19(26)16-17(12-6-8-13(22)9-7-12)23-10-3-11-24(23)18(16)20(25)27/h1-2,4-9,16-18H,3,10-11H2/t16-,17-,18+/m0/s1. The highest BCUT2D eigenvalue weighted by Gasteiger charge is 2.62. The Bertz CT molecular complexity index is 935. The highest BCUT2D eigenvalue weighted by Crippen LogP contribution is 2.49. The summed E-state index contributed by atoms with van der Waals surface area (Å²) in [5.41, 5.74) is 1.64. The Morgan fingerprint density at radius 3 is 2.26 bits per heavy atom. The molecule has 5 nitrogen and oxygen atoms in total. The van der Waals surface area contributed by atoms with Gasteiger partial charge in [-0.25, -0.2) is 14.9 Å². The van der Waals surface area contributed by atoms with Gasteiger partial charge in [0.15, 0.2) is 0 Å². The predicted octanol–water partition coefficient (Wildman–Crippen LogP) is 3.64. The molecular formula is C20H17BrClN3O2. The van der Waals surface area contributed by atoms with Gasteiger partial charge in [0.05, 0.1) is 17.6 Å². The van der Waals surface area contributed by atoms with Crippen LogP contribution in [0, 0.1) is 5.92 Å². The van der Waals surface area contributed by atoms with Gasteiger partial charge >= 0.3 is 0 Å². The molecule has 0 aliphatic carbocycles. The van der Waals surface area contributed by atoms with Crippen LogP contribution in [0.1, 0.15) is 18.0 Å². The zero-order valence-corrected chi connectivity index (χ0v) is 16.7. The number of halogens is 2. The number of amides is 2. The molecule has 138 valence electrons. The van der Waals surface area contributed by atoms with Crippen LogP contribution in [0.2, 0.25) is 5.02 Å². The molecule has 3 atom stereocenters. The number of carbonyl (C=O) groups is 2. The van der Waals surface area contributed by atoms with E-state index >= 15 is 0 Å². The van der Waals surface area contributed by atoms with E-state index in [1.807, 2.05) is 42.5 Å². The van der Waals surface area contributed by atoms with E-state index in [0.717, 1.165) is 29.5 Å². The highest BCUT2D eigenvalue weighted by atomic mass is 79.9. The van der Waals surface area contributed by atoms with Crippen molar-refractivity contribution in [2.45, 2.75) is 18.5 Å². The summed E-state index contributed by atoms with van der Waals surface area (Å²) in [6, 6.07) is 14.4. The minimum absolute atomic E-state index is 0.133. The fraction of sp³-hybridized carbons (Fsp3) is 0.300. The van der Waals surface area contributed by atoms with Gasteiger partial charge in [0.2, 0.25) is 5.91 Å². The van der Waals surface area contributed by atoms with Gasteiger partial charge in [-0.1, -0.05) is 35.9 Å². The molecule has 3 fully saturated rings. The third-order valence-corrected chi connectivity index (χ3v) is 6.63. The van der Waals surface area contributed by atoms with E-state index < -0.39 is 12.0 Å². The van der Waals surface area contributed by atoms with Gasteiger partial charge in [0.25, 0.3) is 5.91 Å². The molecule has 0 spiro atoms. The number of para-hydroxylation sites is 1. The van der Waals surface area contributed by atoms with Gasteiger partial charge < -0.3 is 0 Å². The molecule has 0 saturated carbocycles. The van der Waals surface area contributed by atoms with Gasteiger partial charge in [0.1, 0.15) is 6.04 Å². The lowest BCUT2D eigenvalue weighted by Crippen LogP contribution is -2.44. The van der Waals surface area contributed by atoms with Crippen LogP contribution in [-0.4, -0.2) is 41.0 Å². The summed E-state index contributed by atoms with van der Waals surface area (Å²) in [5.74, 6) is -0.683. The second-order valence-electron chi connectivity index (χ2n) is 7.11. The molecule has 0 aromatic heterocycles. The highest BCUT2D eigenvalue weighted by molar-refractivity contribution is 9.10. The lowest BCUT2D eigenvalue weighted by molar-refractivity contribution is -0.126. The van der Waals surface area contributed by atoms with E-state index in [9.17, 15) is 9.59 Å². The summed E-state index contributed by atoms with van der Waals surface area (Å²) >= 11 is 9.54. The first-order valence-corrected chi connectivity index (χ1v) is 10.2. The molecule has 0 bridgehead atoms. The van der Waals surface area contributed by atoms with Crippen LogP contribution in [-0.2, 0) is 9.59 Å². The SMILES string of the molecule is O=C1[C@@H]2[C@H](C(=O)N1c1ccccc1Br)N1CCCN1[C@H]2c1ccc(Cl)cc1. The van der Waals surface area contributed by atoms with Gasteiger partial charge in [-0.15, -0.1) is 0 Å². The normalized spacial score (nSPS) is 28.1. The number of fused-ring (bicyclic) bond motifs is 3. The molecule has 0 N–H and O–H groups in total. The molecule has 7 heteroatoms. The van der Waals surface area contributed by atoms with E-state index in [4.69, 9.17) is 11.6 Å². The molecule has 2 aromatic carbocycles. The zero-order valence-electron chi connectivity index (χ0n) is 14.4. The Morgan fingerprint density at radius 2 is 1.56 bits per heavy atom. The molecule has 2 amide bonds. The molecule has 3 saturated heterocycles. The summed E-state index contributed by atoms with van der Waals surface area (Å²) in [4.78, 5) is 28.1. The Labute approximate surface area is 170 Å². The molecule has 0 radical (unpaired) electrons. The van der Waals surface area contributed by atoms with Crippen molar-refractivity contribution in [1.82, 2.24) is 10.0 Å². The Kier molecular flexibility index (Phi) is 4.13. The van der Waals surface area contributed by atoms with Crippen LogP contribution in [0.15, 0.2) is 53.0 Å². The lowest BCUT2D eigenvalue weighted by atomic mass is 9.90. The van der Waals surface area contributed by atoms with Crippen LogP contribution in [0.3, 0.4) is 0 Å². The molecule has 27 heavy (non-hydrogen) atoms. The molecule has 3 heterocycles. The molecule has 5 rings (SSSR count). The minimum Gasteiger partial charge on any atom is -0.274 e. The summed E-state index contributed by atoms with van der Waals surface area (Å²) in [7, 11) is 0. The minimum atomic E-state index is -0.437. The largest absolute Gasteiger partial charge is 0.274 e. The van der Waals surface area contributed by atoms with Crippen LogP contribution >= 0.6 is 27.5 Å². The van der Waals surface area contributed by atoms with Crippen molar-refractivity contribution in [1.29, 1.82) is 0 Å². The smallest absolute Gasteiger partial charge is 0.253 e. The number of benzene rings is 2. The van der Waals surface area contributed by atoms with Gasteiger partial charge in [0, 0.05) is 22.6 Å². The molecule has 3 aliphatic rings. The van der Waals surface area contributed by atoms with Gasteiger partial charge in [-0.3, -0.25) is 9.59 Å². The Hall–Kier alpha value is -1.73.